The van der Waals surface area contributed by atoms with E-state index in [-0.39, 0.29) is 0 Å². The van der Waals surface area contributed by atoms with Gasteiger partial charge in [0.05, 0.1) is 17.3 Å². The molecular formula is C14H10N4O. The average molecular weight is 250 g/mol. The van der Waals surface area contributed by atoms with Gasteiger partial charge >= 0.3 is 0 Å². The van der Waals surface area contributed by atoms with Crippen LogP contribution in [0, 0.1) is 11.3 Å². The number of fused-ring (bicyclic) bond motifs is 1. The second-order valence-corrected chi connectivity index (χ2v) is 3.98. The lowest BCUT2D eigenvalue weighted by atomic mass is 10.2. The molecule has 5 nitrogen and oxygen atoms in total. The first-order valence-electron chi connectivity index (χ1n) is 5.77. The van der Waals surface area contributed by atoms with E-state index in [1.165, 1.54) is 6.33 Å². The molecule has 0 aliphatic heterocycles. The van der Waals surface area contributed by atoms with E-state index in [9.17, 15) is 0 Å². The average Bonchev–Trinajstić information content (AvgIpc) is 2.94. The van der Waals surface area contributed by atoms with Gasteiger partial charge in [0, 0.05) is 0 Å². The molecule has 0 N–H and O–H groups in total. The van der Waals surface area contributed by atoms with Gasteiger partial charge in [-0.2, -0.15) is 10.4 Å². The van der Waals surface area contributed by atoms with Crippen molar-refractivity contribution in [1.82, 2.24) is 14.6 Å². The van der Waals surface area contributed by atoms with Crippen molar-refractivity contribution in [3.8, 4) is 11.8 Å². The van der Waals surface area contributed by atoms with Crippen molar-refractivity contribution in [3.05, 3.63) is 60.0 Å². The van der Waals surface area contributed by atoms with Gasteiger partial charge in [-0.05, 0) is 30.3 Å². The lowest BCUT2D eigenvalue weighted by Crippen LogP contribution is -2.03. The van der Waals surface area contributed by atoms with E-state index in [4.69, 9.17) is 10.00 Å². The number of rotatable bonds is 3. The Morgan fingerprint density at radius 2 is 2.11 bits per heavy atom. The van der Waals surface area contributed by atoms with Crippen LogP contribution in [0.1, 0.15) is 11.3 Å². The van der Waals surface area contributed by atoms with Crippen molar-refractivity contribution in [2.24, 2.45) is 0 Å². The SMILES string of the molecule is N#Cc1cccc(OCc2cccc3ncnn23)c1. The van der Waals surface area contributed by atoms with E-state index in [1.807, 2.05) is 24.3 Å². The molecule has 0 radical (unpaired) electrons. The van der Waals surface area contributed by atoms with Crippen LogP contribution in [-0.4, -0.2) is 14.6 Å². The van der Waals surface area contributed by atoms with Gasteiger partial charge in [-0.3, -0.25) is 0 Å². The second-order valence-electron chi connectivity index (χ2n) is 3.98. The molecule has 2 aromatic heterocycles. The molecule has 0 spiro atoms. The summed E-state index contributed by atoms with van der Waals surface area (Å²) in [7, 11) is 0. The summed E-state index contributed by atoms with van der Waals surface area (Å²) in [6.07, 6.45) is 1.51. The minimum absolute atomic E-state index is 0.371. The lowest BCUT2D eigenvalue weighted by molar-refractivity contribution is 0.298. The van der Waals surface area contributed by atoms with Gasteiger partial charge in [0.2, 0.25) is 0 Å². The third-order valence-electron chi connectivity index (χ3n) is 2.73. The van der Waals surface area contributed by atoms with Gasteiger partial charge in [0.25, 0.3) is 0 Å². The quantitative estimate of drug-likeness (QED) is 0.714. The number of nitrogens with zero attached hydrogens (tertiary/aromatic N) is 4. The Balaban J connectivity index is 1.82. The molecule has 1 aromatic carbocycles. The first-order chi connectivity index (χ1) is 9.36. The van der Waals surface area contributed by atoms with Gasteiger partial charge in [-0.15, -0.1) is 0 Å². The van der Waals surface area contributed by atoms with Crippen molar-refractivity contribution >= 4 is 5.65 Å². The predicted octanol–water partition coefficient (Wildman–Crippen LogP) is 2.18. The monoisotopic (exact) mass is 250 g/mol. The fraction of sp³-hybridized carbons (Fsp3) is 0.0714. The molecule has 0 fully saturated rings. The molecule has 0 saturated carbocycles. The number of benzene rings is 1. The Hall–Kier alpha value is -2.87. The summed E-state index contributed by atoms with van der Waals surface area (Å²) >= 11 is 0. The molecule has 2 heterocycles. The summed E-state index contributed by atoms with van der Waals surface area (Å²) in [5.41, 5.74) is 2.26. The number of pyridine rings is 1. The Bertz CT molecular complexity index is 757. The largest absolute Gasteiger partial charge is 0.487 e. The summed E-state index contributed by atoms with van der Waals surface area (Å²) in [4.78, 5) is 4.11. The van der Waals surface area contributed by atoms with Crippen LogP contribution in [0.5, 0.6) is 5.75 Å². The maximum absolute atomic E-state index is 8.83. The first kappa shape index (κ1) is 11.2. The van der Waals surface area contributed by atoms with Crippen molar-refractivity contribution < 1.29 is 4.74 Å². The number of hydrogen-bond acceptors (Lipinski definition) is 4. The molecule has 19 heavy (non-hydrogen) atoms. The Morgan fingerprint density at radius 3 is 3.00 bits per heavy atom. The molecule has 0 unspecified atom stereocenters. The molecule has 0 bridgehead atoms. The Morgan fingerprint density at radius 1 is 1.21 bits per heavy atom. The normalized spacial score (nSPS) is 10.3. The molecule has 0 atom stereocenters. The van der Waals surface area contributed by atoms with E-state index in [1.54, 1.807) is 22.7 Å². The van der Waals surface area contributed by atoms with Crippen molar-refractivity contribution in [2.45, 2.75) is 6.61 Å². The second kappa shape index (κ2) is 4.78. The van der Waals surface area contributed by atoms with Crippen molar-refractivity contribution in [3.63, 3.8) is 0 Å². The fourth-order valence-electron chi connectivity index (χ4n) is 1.82. The Labute approximate surface area is 109 Å². The minimum Gasteiger partial charge on any atom is -0.487 e. The summed E-state index contributed by atoms with van der Waals surface area (Å²) in [5, 5.41) is 13.0. The van der Waals surface area contributed by atoms with Crippen LogP contribution in [-0.2, 0) is 6.61 Å². The number of aromatic nitrogens is 3. The highest BCUT2D eigenvalue weighted by atomic mass is 16.5. The zero-order valence-electron chi connectivity index (χ0n) is 10.0. The van der Waals surface area contributed by atoms with E-state index < -0.39 is 0 Å². The van der Waals surface area contributed by atoms with Crippen LogP contribution in [0.15, 0.2) is 48.8 Å². The molecule has 92 valence electrons. The van der Waals surface area contributed by atoms with E-state index in [2.05, 4.69) is 16.2 Å². The van der Waals surface area contributed by atoms with Crippen LogP contribution in [0.2, 0.25) is 0 Å². The molecule has 0 aliphatic carbocycles. The van der Waals surface area contributed by atoms with Gasteiger partial charge in [0.15, 0.2) is 5.65 Å². The third kappa shape index (κ3) is 2.24. The van der Waals surface area contributed by atoms with Gasteiger partial charge in [0.1, 0.15) is 18.7 Å². The molecule has 5 heteroatoms. The highest BCUT2D eigenvalue weighted by Gasteiger charge is 2.03. The van der Waals surface area contributed by atoms with Gasteiger partial charge in [-0.1, -0.05) is 12.1 Å². The molecule has 0 amide bonds. The van der Waals surface area contributed by atoms with Gasteiger partial charge < -0.3 is 4.74 Å². The zero-order valence-corrected chi connectivity index (χ0v) is 10.0. The number of ether oxygens (including phenoxy) is 1. The van der Waals surface area contributed by atoms with Gasteiger partial charge in [-0.25, -0.2) is 9.50 Å². The standard InChI is InChI=1S/C14H10N4O/c15-8-11-3-1-5-13(7-11)19-9-12-4-2-6-14-16-10-17-18(12)14/h1-7,10H,9H2. The van der Waals surface area contributed by atoms with Crippen LogP contribution in [0.4, 0.5) is 0 Å². The smallest absolute Gasteiger partial charge is 0.155 e. The maximum atomic E-state index is 8.83. The molecule has 3 rings (SSSR count). The zero-order chi connectivity index (χ0) is 13.1. The van der Waals surface area contributed by atoms with Crippen LogP contribution < -0.4 is 4.74 Å². The highest BCUT2D eigenvalue weighted by molar-refractivity contribution is 5.38. The molecule has 3 aromatic rings. The Kier molecular flexibility index (Phi) is 2.83. The summed E-state index contributed by atoms with van der Waals surface area (Å²) in [5.74, 6) is 0.663. The maximum Gasteiger partial charge on any atom is 0.155 e. The molecule has 0 aliphatic rings. The minimum atomic E-state index is 0.371. The van der Waals surface area contributed by atoms with Crippen molar-refractivity contribution in [1.29, 1.82) is 5.26 Å². The molecular weight excluding hydrogens is 240 g/mol. The van der Waals surface area contributed by atoms with Crippen LogP contribution in [0.25, 0.3) is 5.65 Å². The summed E-state index contributed by atoms with van der Waals surface area (Å²) < 4.78 is 7.40. The van der Waals surface area contributed by atoms with Crippen LogP contribution in [0.3, 0.4) is 0 Å². The number of nitriles is 1. The third-order valence-corrected chi connectivity index (χ3v) is 2.73. The lowest BCUT2D eigenvalue weighted by Gasteiger charge is -2.07. The fourth-order valence-corrected chi connectivity index (χ4v) is 1.82. The highest BCUT2D eigenvalue weighted by Crippen LogP contribution is 2.14. The van der Waals surface area contributed by atoms with Crippen LogP contribution >= 0.6 is 0 Å². The summed E-state index contributed by atoms with van der Waals surface area (Å²) in [6.45, 7) is 0.371. The first-order valence-corrected chi connectivity index (χ1v) is 5.77. The van der Waals surface area contributed by atoms with E-state index in [0.717, 1.165) is 11.3 Å². The summed E-state index contributed by atoms with van der Waals surface area (Å²) in [6, 6.07) is 14.9. The van der Waals surface area contributed by atoms with E-state index in [0.29, 0.717) is 17.9 Å². The predicted molar refractivity (Wildman–Crippen MR) is 68.5 cm³/mol. The van der Waals surface area contributed by atoms with Crippen molar-refractivity contribution in [2.75, 3.05) is 0 Å². The van der Waals surface area contributed by atoms with E-state index >= 15 is 0 Å². The number of hydrogen-bond donors (Lipinski definition) is 0. The molecule has 0 saturated heterocycles. The topological polar surface area (TPSA) is 63.2 Å².